The average Bonchev–Trinajstić information content (AvgIpc) is 2.86. The van der Waals surface area contributed by atoms with Gasteiger partial charge in [0.2, 0.25) is 0 Å². The van der Waals surface area contributed by atoms with Crippen molar-refractivity contribution in [2.75, 3.05) is 5.32 Å². The second-order valence-electron chi connectivity index (χ2n) is 9.05. The van der Waals surface area contributed by atoms with Crippen molar-refractivity contribution in [3.8, 4) is 0 Å². The van der Waals surface area contributed by atoms with Crippen LogP contribution in [0.2, 0.25) is 0 Å². The van der Waals surface area contributed by atoms with E-state index in [2.05, 4.69) is 5.32 Å². The quantitative estimate of drug-likeness (QED) is 0.447. The number of anilines is 1. The summed E-state index contributed by atoms with van der Waals surface area (Å²) in [6.45, 7) is 0.355. The molecule has 2 amide bonds. The van der Waals surface area contributed by atoms with Crippen molar-refractivity contribution in [1.29, 1.82) is 0 Å². The molecule has 4 rings (SSSR count). The van der Waals surface area contributed by atoms with Crippen LogP contribution in [0.25, 0.3) is 0 Å². The van der Waals surface area contributed by atoms with E-state index in [1.54, 1.807) is 23.1 Å². The van der Waals surface area contributed by atoms with E-state index < -0.39 is 23.6 Å². The number of amides is 2. The van der Waals surface area contributed by atoms with Crippen molar-refractivity contribution in [3.05, 3.63) is 101 Å². The van der Waals surface area contributed by atoms with Gasteiger partial charge in [-0.15, -0.1) is 0 Å². The molecule has 3 aromatic carbocycles. The highest BCUT2D eigenvalue weighted by Crippen LogP contribution is 2.26. The van der Waals surface area contributed by atoms with E-state index in [1.165, 1.54) is 0 Å². The first-order valence-electron chi connectivity index (χ1n) is 12.0. The summed E-state index contributed by atoms with van der Waals surface area (Å²) in [6, 6.07) is 19.2. The Morgan fingerprint density at radius 2 is 1.56 bits per heavy atom. The van der Waals surface area contributed by atoms with Gasteiger partial charge in [0.25, 0.3) is 5.91 Å². The topological polar surface area (TPSA) is 84.7 Å². The van der Waals surface area contributed by atoms with E-state index in [9.17, 15) is 18.4 Å². The standard InChI is InChI=1S/C28H29F2N3O3/c29-22-14-21(15-23(30)16-22)27(34)33(26-11-9-24(31)10-12-26)17-20-7-4-8-25(13-20)32-28(35)36-18-19-5-2-1-3-6-19/h1-8,13-16,24,26H,9-12,17-18,31H2,(H,32,35). The Morgan fingerprint density at radius 1 is 0.889 bits per heavy atom. The van der Waals surface area contributed by atoms with Gasteiger partial charge in [-0.05, 0) is 61.1 Å². The Kier molecular flexibility index (Phi) is 8.28. The summed E-state index contributed by atoms with van der Waals surface area (Å²) in [5.41, 5.74) is 8.16. The first kappa shape index (κ1) is 25.3. The molecule has 0 atom stereocenters. The summed E-state index contributed by atoms with van der Waals surface area (Å²) in [4.78, 5) is 27.3. The summed E-state index contributed by atoms with van der Waals surface area (Å²) in [7, 11) is 0. The highest BCUT2D eigenvalue weighted by atomic mass is 19.1. The number of hydrogen-bond donors (Lipinski definition) is 2. The van der Waals surface area contributed by atoms with E-state index >= 15 is 0 Å². The molecule has 3 N–H and O–H groups in total. The molecule has 0 aliphatic heterocycles. The Balaban J connectivity index is 1.48. The summed E-state index contributed by atoms with van der Waals surface area (Å²) in [5, 5.41) is 2.71. The van der Waals surface area contributed by atoms with Crippen LogP contribution < -0.4 is 11.1 Å². The number of hydrogen-bond acceptors (Lipinski definition) is 4. The normalized spacial score (nSPS) is 17.3. The molecule has 1 aliphatic rings. The van der Waals surface area contributed by atoms with Gasteiger partial charge in [0.15, 0.2) is 0 Å². The third kappa shape index (κ3) is 6.88. The third-order valence-electron chi connectivity index (χ3n) is 6.29. The van der Waals surface area contributed by atoms with E-state index in [0.29, 0.717) is 18.5 Å². The molecule has 0 radical (unpaired) electrons. The molecule has 0 unspecified atom stereocenters. The van der Waals surface area contributed by atoms with Crippen LogP contribution in [0.15, 0.2) is 72.8 Å². The molecule has 0 heterocycles. The predicted octanol–water partition coefficient (Wildman–Crippen LogP) is 5.63. The van der Waals surface area contributed by atoms with E-state index in [1.807, 2.05) is 36.4 Å². The number of ether oxygens (including phenoxy) is 1. The maximum absolute atomic E-state index is 13.8. The molecular weight excluding hydrogens is 464 g/mol. The zero-order valence-corrected chi connectivity index (χ0v) is 19.8. The van der Waals surface area contributed by atoms with Crippen LogP contribution in [-0.4, -0.2) is 29.0 Å². The smallest absolute Gasteiger partial charge is 0.411 e. The molecule has 0 bridgehead atoms. The van der Waals surface area contributed by atoms with Crippen LogP contribution >= 0.6 is 0 Å². The van der Waals surface area contributed by atoms with E-state index in [-0.39, 0.29) is 30.8 Å². The van der Waals surface area contributed by atoms with Gasteiger partial charge >= 0.3 is 6.09 Å². The Bertz CT molecular complexity index is 1180. The highest BCUT2D eigenvalue weighted by molar-refractivity contribution is 5.94. The monoisotopic (exact) mass is 493 g/mol. The molecule has 6 nitrogen and oxygen atoms in total. The maximum atomic E-state index is 13.8. The zero-order chi connectivity index (χ0) is 25.5. The molecule has 36 heavy (non-hydrogen) atoms. The van der Waals surface area contributed by atoms with Crippen molar-refractivity contribution in [2.24, 2.45) is 5.73 Å². The summed E-state index contributed by atoms with van der Waals surface area (Å²) in [6.07, 6.45) is 2.34. The zero-order valence-electron chi connectivity index (χ0n) is 19.8. The van der Waals surface area contributed by atoms with Crippen molar-refractivity contribution in [1.82, 2.24) is 4.90 Å². The fraction of sp³-hybridized carbons (Fsp3) is 0.286. The van der Waals surface area contributed by atoms with Crippen LogP contribution in [0.4, 0.5) is 19.3 Å². The second-order valence-corrected chi connectivity index (χ2v) is 9.05. The lowest BCUT2D eigenvalue weighted by atomic mass is 9.90. The van der Waals surface area contributed by atoms with E-state index in [4.69, 9.17) is 10.5 Å². The van der Waals surface area contributed by atoms with Crippen LogP contribution in [0.3, 0.4) is 0 Å². The number of carbonyl (C=O) groups excluding carboxylic acids is 2. The fourth-order valence-corrected chi connectivity index (χ4v) is 4.44. The highest BCUT2D eigenvalue weighted by Gasteiger charge is 2.29. The Labute approximate surface area is 209 Å². The number of nitrogens with two attached hydrogens (primary N) is 1. The van der Waals surface area contributed by atoms with Gasteiger partial charge in [-0.25, -0.2) is 13.6 Å². The number of rotatable bonds is 7. The minimum absolute atomic E-state index is 0.0406. The second kappa shape index (κ2) is 11.8. The van der Waals surface area contributed by atoms with Gasteiger partial charge in [-0.2, -0.15) is 0 Å². The fourth-order valence-electron chi connectivity index (χ4n) is 4.44. The molecule has 3 aromatic rings. The van der Waals surface area contributed by atoms with Gasteiger partial charge in [0.1, 0.15) is 18.2 Å². The molecule has 188 valence electrons. The maximum Gasteiger partial charge on any atom is 0.411 e. The van der Waals surface area contributed by atoms with Gasteiger partial charge in [0.05, 0.1) is 0 Å². The van der Waals surface area contributed by atoms with Crippen LogP contribution in [0, 0.1) is 11.6 Å². The largest absolute Gasteiger partial charge is 0.444 e. The van der Waals surface area contributed by atoms with Gasteiger partial charge in [0, 0.05) is 35.9 Å². The van der Waals surface area contributed by atoms with Crippen LogP contribution in [-0.2, 0) is 17.9 Å². The predicted molar refractivity (Wildman–Crippen MR) is 133 cm³/mol. The molecule has 8 heteroatoms. The van der Waals surface area contributed by atoms with Crippen molar-refractivity contribution < 1.29 is 23.1 Å². The minimum atomic E-state index is -0.802. The number of nitrogens with zero attached hydrogens (tertiary/aromatic N) is 1. The van der Waals surface area contributed by atoms with Gasteiger partial charge < -0.3 is 15.4 Å². The van der Waals surface area contributed by atoms with Gasteiger partial charge in [-0.3, -0.25) is 10.1 Å². The number of halogens is 2. The first-order chi connectivity index (χ1) is 17.4. The van der Waals surface area contributed by atoms with Crippen molar-refractivity contribution in [3.63, 3.8) is 0 Å². The molecule has 1 saturated carbocycles. The van der Waals surface area contributed by atoms with Crippen LogP contribution in [0.5, 0.6) is 0 Å². The van der Waals surface area contributed by atoms with Gasteiger partial charge in [-0.1, -0.05) is 42.5 Å². The molecule has 0 saturated heterocycles. The third-order valence-corrected chi connectivity index (χ3v) is 6.29. The van der Waals surface area contributed by atoms with Crippen LogP contribution in [0.1, 0.15) is 47.2 Å². The number of carbonyl (C=O) groups is 2. The average molecular weight is 494 g/mol. The lowest BCUT2D eigenvalue weighted by Crippen LogP contribution is -2.44. The summed E-state index contributed by atoms with van der Waals surface area (Å²) < 4.78 is 33.0. The summed E-state index contributed by atoms with van der Waals surface area (Å²) in [5.74, 6) is -2.05. The Hall–Kier alpha value is -3.78. The minimum Gasteiger partial charge on any atom is -0.444 e. The molecular formula is C28H29F2N3O3. The molecule has 1 fully saturated rings. The lowest BCUT2D eigenvalue weighted by Gasteiger charge is -2.36. The molecule has 1 aliphatic carbocycles. The SMILES string of the molecule is NC1CCC(N(Cc2cccc(NC(=O)OCc3ccccc3)c2)C(=O)c2cc(F)cc(F)c2)CC1. The lowest BCUT2D eigenvalue weighted by molar-refractivity contribution is 0.0605. The van der Waals surface area contributed by atoms with Crippen molar-refractivity contribution in [2.45, 2.75) is 50.9 Å². The number of nitrogens with one attached hydrogen (secondary N) is 1. The number of benzene rings is 3. The Morgan fingerprint density at radius 3 is 2.25 bits per heavy atom. The molecule has 0 spiro atoms. The first-order valence-corrected chi connectivity index (χ1v) is 12.0. The van der Waals surface area contributed by atoms with Crippen molar-refractivity contribution >= 4 is 17.7 Å². The summed E-state index contributed by atoms with van der Waals surface area (Å²) >= 11 is 0. The van der Waals surface area contributed by atoms with E-state index in [0.717, 1.165) is 42.2 Å². The molecule has 0 aromatic heterocycles.